The highest BCUT2D eigenvalue weighted by Gasteiger charge is 2.17. The summed E-state index contributed by atoms with van der Waals surface area (Å²) in [6.45, 7) is 2.88. The predicted octanol–water partition coefficient (Wildman–Crippen LogP) is 5.50. The first-order valence-corrected chi connectivity index (χ1v) is 11.4. The van der Waals surface area contributed by atoms with Gasteiger partial charge in [0.25, 0.3) is 5.91 Å². The first kappa shape index (κ1) is 22.4. The van der Waals surface area contributed by atoms with Gasteiger partial charge in [-0.25, -0.2) is 0 Å². The Balaban J connectivity index is 1.58. The summed E-state index contributed by atoms with van der Waals surface area (Å²) < 4.78 is 0.946. The Hall–Kier alpha value is -2.29. The van der Waals surface area contributed by atoms with Crippen LogP contribution in [0.1, 0.15) is 30.1 Å². The summed E-state index contributed by atoms with van der Waals surface area (Å²) in [7, 11) is 0. The van der Waals surface area contributed by atoms with E-state index < -0.39 is 0 Å². The molecule has 3 aromatic rings. The molecule has 0 fully saturated rings. The van der Waals surface area contributed by atoms with Crippen LogP contribution < -0.4 is 5.32 Å². The number of nitrogens with zero attached hydrogens (tertiary/aromatic N) is 3. The van der Waals surface area contributed by atoms with Crippen LogP contribution in [-0.2, 0) is 4.79 Å². The topological polar surface area (TPSA) is 75.2 Å². The summed E-state index contributed by atoms with van der Waals surface area (Å²) in [4.78, 5) is 26.8. The van der Waals surface area contributed by atoms with Crippen molar-refractivity contribution < 1.29 is 9.59 Å². The number of aromatic nitrogens is 2. The van der Waals surface area contributed by atoms with Crippen LogP contribution in [0.3, 0.4) is 0 Å². The van der Waals surface area contributed by atoms with Gasteiger partial charge in [-0.1, -0.05) is 57.9 Å². The minimum atomic E-state index is -0.211. The number of rotatable bonds is 8. The number of hydrogen-bond donors (Lipinski definition) is 1. The molecule has 0 aliphatic rings. The van der Waals surface area contributed by atoms with E-state index in [0.717, 1.165) is 21.5 Å². The van der Waals surface area contributed by atoms with Crippen LogP contribution in [0.5, 0.6) is 0 Å². The Kier molecular flexibility index (Phi) is 7.95. The smallest absolute Gasteiger partial charge is 0.253 e. The third-order valence-corrected chi connectivity index (χ3v) is 5.86. The van der Waals surface area contributed by atoms with Crippen LogP contribution >= 0.6 is 38.9 Å². The van der Waals surface area contributed by atoms with Gasteiger partial charge in [0.1, 0.15) is 5.01 Å². The maximum atomic E-state index is 12.7. The normalized spacial score (nSPS) is 10.6. The monoisotopic (exact) mass is 506 g/mol. The number of nitrogens with one attached hydrogen (secondary N) is 1. The van der Waals surface area contributed by atoms with E-state index in [4.69, 9.17) is 11.6 Å². The van der Waals surface area contributed by atoms with E-state index in [0.29, 0.717) is 28.8 Å². The standard InChI is InChI=1S/C21H20BrClN4O2S/c1-2-11-27(20(29)14-6-8-17(23)9-7-14)12-10-18(28)24-21-26-25-19(30-21)15-4-3-5-16(22)13-15/h3-9,13H,2,10-12H2,1H3,(H,24,26,28). The van der Waals surface area contributed by atoms with Crippen LogP contribution in [0.25, 0.3) is 10.6 Å². The second-order valence-corrected chi connectivity index (χ2v) is 8.85. The fourth-order valence-corrected chi connectivity index (χ4v) is 4.07. The van der Waals surface area contributed by atoms with Gasteiger partial charge in [-0.3, -0.25) is 9.59 Å². The largest absolute Gasteiger partial charge is 0.338 e. The van der Waals surface area contributed by atoms with Gasteiger partial charge >= 0.3 is 0 Å². The molecule has 30 heavy (non-hydrogen) atoms. The van der Waals surface area contributed by atoms with Crippen LogP contribution in [0.15, 0.2) is 53.0 Å². The minimum absolute atomic E-state index is 0.117. The molecule has 9 heteroatoms. The lowest BCUT2D eigenvalue weighted by Gasteiger charge is -2.22. The third-order valence-electron chi connectivity index (χ3n) is 4.22. The Morgan fingerprint density at radius 1 is 1.13 bits per heavy atom. The minimum Gasteiger partial charge on any atom is -0.338 e. The number of benzene rings is 2. The lowest BCUT2D eigenvalue weighted by molar-refractivity contribution is -0.116. The summed E-state index contributed by atoms with van der Waals surface area (Å²) in [6.07, 6.45) is 0.971. The van der Waals surface area contributed by atoms with Crippen LogP contribution in [0.2, 0.25) is 5.02 Å². The molecule has 6 nitrogen and oxygen atoms in total. The maximum absolute atomic E-state index is 12.7. The molecule has 1 heterocycles. The van der Waals surface area contributed by atoms with Crippen molar-refractivity contribution in [2.45, 2.75) is 19.8 Å². The van der Waals surface area contributed by atoms with Crippen molar-refractivity contribution in [3.05, 3.63) is 63.6 Å². The van der Waals surface area contributed by atoms with E-state index in [1.807, 2.05) is 31.2 Å². The molecule has 1 aromatic heterocycles. The first-order valence-electron chi connectivity index (χ1n) is 9.40. The van der Waals surface area contributed by atoms with Crippen LogP contribution in [0, 0.1) is 0 Å². The lowest BCUT2D eigenvalue weighted by atomic mass is 10.2. The van der Waals surface area contributed by atoms with Crippen molar-refractivity contribution in [3.8, 4) is 10.6 Å². The fraction of sp³-hybridized carbons (Fsp3) is 0.238. The maximum Gasteiger partial charge on any atom is 0.253 e. The van der Waals surface area contributed by atoms with Crippen molar-refractivity contribution in [1.82, 2.24) is 15.1 Å². The van der Waals surface area contributed by atoms with Crippen molar-refractivity contribution in [3.63, 3.8) is 0 Å². The molecule has 156 valence electrons. The van der Waals surface area contributed by atoms with Crippen LogP contribution in [-0.4, -0.2) is 40.0 Å². The second kappa shape index (κ2) is 10.7. The Morgan fingerprint density at radius 2 is 1.90 bits per heavy atom. The molecule has 0 atom stereocenters. The fourth-order valence-electron chi connectivity index (χ4n) is 2.79. The molecule has 2 amide bonds. The van der Waals surface area contributed by atoms with Gasteiger partial charge in [-0.15, -0.1) is 10.2 Å². The molecule has 0 saturated carbocycles. The molecule has 0 radical (unpaired) electrons. The highest BCUT2D eigenvalue weighted by atomic mass is 79.9. The lowest BCUT2D eigenvalue weighted by Crippen LogP contribution is -2.34. The van der Waals surface area contributed by atoms with E-state index in [9.17, 15) is 9.59 Å². The molecule has 0 saturated heterocycles. The van der Waals surface area contributed by atoms with Gasteiger partial charge in [0.15, 0.2) is 0 Å². The Bertz CT molecular complexity index is 1030. The van der Waals surface area contributed by atoms with Crippen molar-refractivity contribution in [2.75, 3.05) is 18.4 Å². The molecule has 2 aromatic carbocycles. The van der Waals surface area contributed by atoms with E-state index in [1.54, 1.807) is 29.2 Å². The van der Waals surface area contributed by atoms with Gasteiger partial charge in [0.2, 0.25) is 11.0 Å². The van der Waals surface area contributed by atoms with Gasteiger partial charge < -0.3 is 10.2 Å². The molecule has 0 unspecified atom stereocenters. The quantitative estimate of drug-likeness (QED) is 0.437. The van der Waals surface area contributed by atoms with E-state index in [1.165, 1.54) is 11.3 Å². The highest BCUT2D eigenvalue weighted by Crippen LogP contribution is 2.28. The summed E-state index contributed by atoms with van der Waals surface area (Å²) in [5.74, 6) is -0.328. The predicted molar refractivity (Wildman–Crippen MR) is 124 cm³/mol. The van der Waals surface area contributed by atoms with Crippen LogP contribution in [0.4, 0.5) is 5.13 Å². The molecule has 3 rings (SSSR count). The molecule has 1 N–H and O–H groups in total. The average Bonchev–Trinajstić information content (AvgIpc) is 3.19. The van der Waals surface area contributed by atoms with Gasteiger partial charge in [0, 0.05) is 40.1 Å². The number of hydrogen-bond acceptors (Lipinski definition) is 5. The van der Waals surface area contributed by atoms with Gasteiger partial charge in [-0.05, 0) is 42.8 Å². The SMILES string of the molecule is CCCN(CCC(=O)Nc1nnc(-c2cccc(Br)c2)s1)C(=O)c1ccc(Cl)cc1. The first-order chi connectivity index (χ1) is 14.5. The zero-order valence-electron chi connectivity index (χ0n) is 16.3. The van der Waals surface area contributed by atoms with E-state index in [2.05, 4.69) is 31.4 Å². The van der Waals surface area contributed by atoms with Crippen molar-refractivity contribution in [1.29, 1.82) is 0 Å². The Labute approximate surface area is 192 Å². The number of amides is 2. The number of anilines is 1. The third kappa shape index (κ3) is 6.10. The summed E-state index contributed by atoms with van der Waals surface area (Å²) >= 11 is 10.6. The highest BCUT2D eigenvalue weighted by molar-refractivity contribution is 9.10. The summed E-state index contributed by atoms with van der Waals surface area (Å²) in [6, 6.07) is 14.5. The number of halogens is 2. The second-order valence-electron chi connectivity index (χ2n) is 6.52. The zero-order valence-corrected chi connectivity index (χ0v) is 19.4. The molecular weight excluding hydrogens is 488 g/mol. The molecule has 0 bridgehead atoms. The average molecular weight is 508 g/mol. The molecule has 0 aliphatic heterocycles. The van der Waals surface area contributed by atoms with E-state index in [-0.39, 0.29) is 18.2 Å². The number of carbonyl (C=O) groups is 2. The molecule has 0 spiro atoms. The summed E-state index contributed by atoms with van der Waals surface area (Å²) in [5, 5.41) is 12.7. The number of carbonyl (C=O) groups excluding carboxylic acids is 2. The Morgan fingerprint density at radius 3 is 2.60 bits per heavy atom. The van der Waals surface area contributed by atoms with Crippen molar-refractivity contribution >= 4 is 55.8 Å². The van der Waals surface area contributed by atoms with E-state index >= 15 is 0 Å². The molecular formula is C21H20BrClN4O2S. The molecule has 0 aliphatic carbocycles. The summed E-state index contributed by atoms with van der Waals surface area (Å²) in [5.41, 5.74) is 1.47. The van der Waals surface area contributed by atoms with Gasteiger partial charge in [0.05, 0.1) is 0 Å². The zero-order chi connectivity index (χ0) is 21.5. The van der Waals surface area contributed by atoms with Gasteiger partial charge in [-0.2, -0.15) is 0 Å². The van der Waals surface area contributed by atoms with Crippen molar-refractivity contribution in [2.24, 2.45) is 0 Å².